The Labute approximate surface area is 106 Å². The molecule has 0 bridgehead atoms. The molecule has 5 heteroatoms. The van der Waals surface area contributed by atoms with E-state index in [0.29, 0.717) is 12.0 Å². The van der Waals surface area contributed by atoms with E-state index in [1.54, 1.807) is 13.8 Å². The number of rotatable bonds is 3. The van der Waals surface area contributed by atoms with Gasteiger partial charge in [-0.25, -0.2) is 9.18 Å². The topological polar surface area (TPSA) is 46.6 Å². The van der Waals surface area contributed by atoms with E-state index in [9.17, 15) is 14.0 Å². The van der Waals surface area contributed by atoms with E-state index in [2.05, 4.69) is 6.58 Å². The minimum Gasteiger partial charge on any atom is -0.464 e. The Balaban J connectivity index is 2.35. The standard InChI is InChI=1S/C13H18FNO3/c1-4-18-11(17)13-6-5-10(16)15(13)8-12(14,7-13)9(2)3/h2,4-8H2,1,3H3. The van der Waals surface area contributed by atoms with Crippen LogP contribution in [0.25, 0.3) is 0 Å². The molecule has 0 N–H and O–H groups in total. The van der Waals surface area contributed by atoms with Gasteiger partial charge in [0.05, 0.1) is 13.2 Å². The van der Waals surface area contributed by atoms with Crippen molar-refractivity contribution in [1.82, 2.24) is 4.90 Å². The highest BCUT2D eigenvalue weighted by Gasteiger charge is 2.63. The van der Waals surface area contributed by atoms with Crippen molar-refractivity contribution in [1.29, 1.82) is 0 Å². The number of carbonyl (C=O) groups excluding carboxylic acids is 2. The van der Waals surface area contributed by atoms with Gasteiger partial charge < -0.3 is 9.64 Å². The smallest absolute Gasteiger partial charge is 0.332 e. The first-order valence-electron chi connectivity index (χ1n) is 6.18. The first kappa shape index (κ1) is 13.1. The Hall–Kier alpha value is -1.39. The normalized spacial score (nSPS) is 34.6. The van der Waals surface area contributed by atoms with Crippen LogP contribution >= 0.6 is 0 Å². The number of ether oxygens (including phenoxy) is 1. The molecule has 0 aromatic rings. The predicted octanol–water partition coefficient (Wildman–Crippen LogP) is 1.60. The molecule has 18 heavy (non-hydrogen) atoms. The molecule has 4 nitrogen and oxygen atoms in total. The lowest BCUT2D eigenvalue weighted by Gasteiger charge is -2.28. The van der Waals surface area contributed by atoms with Crippen LogP contribution in [0.15, 0.2) is 12.2 Å². The van der Waals surface area contributed by atoms with Gasteiger partial charge in [0, 0.05) is 12.8 Å². The second kappa shape index (κ2) is 4.07. The Morgan fingerprint density at radius 3 is 2.83 bits per heavy atom. The monoisotopic (exact) mass is 255 g/mol. The van der Waals surface area contributed by atoms with Crippen LogP contribution in [0.4, 0.5) is 4.39 Å². The summed E-state index contributed by atoms with van der Waals surface area (Å²) in [6, 6.07) is 0. The molecule has 0 spiro atoms. The first-order chi connectivity index (χ1) is 8.35. The summed E-state index contributed by atoms with van der Waals surface area (Å²) in [5.41, 5.74) is -2.43. The third-order valence-corrected chi connectivity index (χ3v) is 3.97. The number of esters is 1. The van der Waals surface area contributed by atoms with Gasteiger partial charge in [0.1, 0.15) is 5.54 Å². The summed E-state index contributed by atoms with van der Waals surface area (Å²) in [4.78, 5) is 25.2. The predicted molar refractivity (Wildman–Crippen MR) is 63.6 cm³/mol. The lowest BCUT2D eigenvalue weighted by Crippen LogP contribution is -2.48. The quantitative estimate of drug-likeness (QED) is 0.568. The van der Waals surface area contributed by atoms with Crippen molar-refractivity contribution in [3.63, 3.8) is 0 Å². The van der Waals surface area contributed by atoms with Gasteiger partial charge in [-0.3, -0.25) is 4.79 Å². The number of halogens is 1. The van der Waals surface area contributed by atoms with Gasteiger partial charge in [-0.15, -0.1) is 0 Å². The van der Waals surface area contributed by atoms with Crippen LogP contribution < -0.4 is 0 Å². The van der Waals surface area contributed by atoms with Crippen LogP contribution in [0.3, 0.4) is 0 Å². The summed E-state index contributed by atoms with van der Waals surface area (Å²) in [5, 5.41) is 0. The van der Waals surface area contributed by atoms with Crippen molar-refractivity contribution in [2.24, 2.45) is 0 Å². The highest BCUT2D eigenvalue weighted by molar-refractivity contribution is 5.93. The minimum absolute atomic E-state index is 0.0279. The van der Waals surface area contributed by atoms with Crippen molar-refractivity contribution in [3.05, 3.63) is 12.2 Å². The summed E-state index contributed by atoms with van der Waals surface area (Å²) >= 11 is 0. The fraction of sp³-hybridized carbons (Fsp3) is 0.692. The largest absolute Gasteiger partial charge is 0.464 e. The molecule has 2 fully saturated rings. The molecule has 2 saturated heterocycles. The fourth-order valence-electron chi connectivity index (χ4n) is 2.85. The number of amides is 1. The lowest BCUT2D eigenvalue weighted by atomic mass is 9.85. The van der Waals surface area contributed by atoms with Gasteiger partial charge in [-0.05, 0) is 25.8 Å². The molecule has 2 atom stereocenters. The van der Waals surface area contributed by atoms with E-state index < -0.39 is 17.2 Å². The van der Waals surface area contributed by atoms with Crippen LogP contribution in [0.1, 0.15) is 33.1 Å². The highest BCUT2D eigenvalue weighted by Crippen LogP contribution is 2.48. The highest BCUT2D eigenvalue weighted by atomic mass is 19.1. The maximum Gasteiger partial charge on any atom is 0.332 e. The maximum atomic E-state index is 14.7. The summed E-state index contributed by atoms with van der Waals surface area (Å²) in [5.74, 6) is -0.666. The SMILES string of the molecule is C=C(C)C1(F)CN2C(=O)CCC2(C(=O)OCC)C1. The number of nitrogens with zero attached hydrogens (tertiary/aromatic N) is 1. The molecule has 100 valence electrons. The number of hydrogen-bond donors (Lipinski definition) is 0. The van der Waals surface area contributed by atoms with Gasteiger partial charge >= 0.3 is 5.97 Å². The molecule has 2 rings (SSSR count). The number of alkyl halides is 1. The molecule has 2 aliphatic heterocycles. The fourth-order valence-corrected chi connectivity index (χ4v) is 2.85. The van der Waals surface area contributed by atoms with Crippen molar-refractivity contribution >= 4 is 11.9 Å². The van der Waals surface area contributed by atoms with Crippen molar-refractivity contribution in [3.8, 4) is 0 Å². The van der Waals surface area contributed by atoms with E-state index >= 15 is 0 Å². The molecular weight excluding hydrogens is 237 g/mol. The molecule has 0 aromatic carbocycles. The molecule has 0 aromatic heterocycles. The van der Waals surface area contributed by atoms with Crippen LogP contribution in [-0.4, -0.2) is 41.1 Å². The van der Waals surface area contributed by atoms with E-state index in [4.69, 9.17) is 4.74 Å². The molecule has 2 heterocycles. The number of hydrogen-bond acceptors (Lipinski definition) is 3. The molecule has 1 amide bonds. The van der Waals surface area contributed by atoms with E-state index in [-0.39, 0.29) is 31.9 Å². The maximum absolute atomic E-state index is 14.7. The Bertz CT molecular complexity index is 422. The van der Waals surface area contributed by atoms with Crippen molar-refractivity contribution < 1.29 is 18.7 Å². The Kier molecular flexibility index (Phi) is 2.95. The van der Waals surface area contributed by atoms with Crippen molar-refractivity contribution in [2.75, 3.05) is 13.2 Å². The van der Waals surface area contributed by atoms with E-state index in [1.807, 2.05) is 0 Å². The molecule has 0 aliphatic carbocycles. The molecular formula is C13H18FNO3. The molecule has 2 unspecified atom stereocenters. The van der Waals surface area contributed by atoms with Crippen LogP contribution in [-0.2, 0) is 14.3 Å². The van der Waals surface area contributed by atoms with Crippen molar-refractivity contribution in [2.45, 2.75) is 44.3 Å². The van der Waals surface area contributed by atoms with E-state index in [1.165, 1.54) is 4.90 Å². The van der Waals surface area contributed by atoms with E-state index in [0.717, 1.165) is 0 Å². The molecule has 2 aliphatic rings. The summed E-state index contributed by atoms with van der Waals surface area (Å²) in [6.45, 7) is 7.07. The average molecular weight is 255 g/mol. The number of carbonyl (C=O) groups is 2. The summed E-state index contributed by atoms with van der Waals surface area (Å²) in [7, 11) is 0. The first-order valence-corrected chi connectivity index (χ1v) is 6.18. The van der Waals surface area contributed by atoms with Gasteiger partial charge in [0.2, 0.25) is 5.91 Å². The Morgan fingerprint density at radius 1 is 1.61 bits per heavy atom. The second-order valence-corrected chi connectivity index (χ2v) is 5.15. The van der Waals surface area contributed by atoms with Gasteiger partial charge in [-0.1, -0.05) is 6.58 Å². The van der Waals surface area contributed by atoms with Crippen LogP contribution in [0.5, 0.6) is 0 Å². The number of fused-ring (bicyclic) bond motifs is 1. The summed E-state index contributed by atoms with van der Waals surface area (Å²) < 4.78 is 19.7. The second-order valence-electron chi connectivity index (χ2n) is 5.15. The zero-order valence-electron chi connectivity index (χ0n) is 10.8. The zero-order valence-corrected chi connectivity index (χ0v) is 10.8. The molecule has 0 saturated carbocycles. The van der Waals surface area contributed by atoms with Crippen LogP contribution in [0.2, 0.25) is 0 Å². The molecule has 0 radical (unpaired) electrons. The van der Waals surface area contributed by atoms with Gasteiger partial charge in [0.15, 0.2) is 5.67 Å². The zero-order chi connectivity index (χ0) is 13.6. The van der Waals surface area contributed by atoms with Gasteiger partial charge in [-0.2, -0.15) is 0 Å². The third kappa shape index (κ3) is 1.64. The average Bonchev–Trinajstić information content (AvgIpc) is 2.76. The lowest BCUT2D eigenvalue weighted by molar-refractivity contribution is -0.157. The van der Waals surface area contributed by atoms with Crippen LogP contribution in [0, 0.1) is 0 Å². The van der Waals surface area contributed by atoms with Gasteiger partial charge in [0.25, 0.3) is 0 Å². The third-order valence-electron chi connectivity index (χ3n) is 3.97. The minimum atomic E-state index is -1.68. The Morgan fingerprint density at radius 2 is 2.28 bits per heavy atom. The summed E-state index contributed by atoms with van der Waals surface area (Å²) in [6.07, 6.45) is 0.592.